The van der Waals surface area contributed by atoms with Crippen LogP contribution in [0.2, 0.25) is 0 Å². The van der Waals surface area contributed by atoms with Crippen LogP contribution >= 0.6 is 11.8 Å². The minimum absolute atomic E-state index is 0.646. The van der Waals surface area contributed by atoms with Crippen molar-refractivity contribution in [1.29, 1.82) is 0 Å². The van der Waals surface area contributed by atoms with Gasteiger partial charge in [0.25, 0.3) is 0 Å². The van der Waals surface area contributed by atoms with Gasteiger partial charge in [-0.05, 0) is 87.0 Å². The molecule has 0 radical (unpaired) electrons. The predicted octanol–water partition coefficient (Wildman–Crippen LogP) is 15.1. The van der Waals surface area contributed by atoms with Crippen LogP contribution < -0.4 is 0 Å². The number of rotatable bonds is 6. The normalized spacial score (nSPS) is 11.8. The Balaban J connectivity index is 0.893. The van der Waals surface area contributed by atoms with E-state index in [1.54, 1.807) is 0 Å². The van der Waals surface area contributed by atoms with E-state index in [0.29, 0.717) is 17.5 Å². The van der Waals surface area contributed by atoms with Crippen molar-refractivity contribution >= 4 is 33.6 Å². The van der Waals surface area contributed by atoms with Gasteiger partial charge in [0.2, 0.25) is 0 Å². The smallest absolute Gasteiger partial charge is 0.164 e. The molecule has 4 nitrogen and oxygen atoms in total. The summed E-state index contributed by atoms with van der Waals surface area (Å²) in [6, 6.07) is 77.8. The van der Waals surface area contributed by atoms with Crippen molar-refractivity contribution in [3.63, 3.8) is 0 Å². The molecule has 0 aliphatic carbocycles. The molecule has 0 fully saturated rings. The zero-order valence-corrected chi connectivity index (χ0v) is 34.3. The van der Waals surface area contributed by atoms with Gasteiger partial charge in [-0.15, -0.1) is 0 Å². The molecule has 0 saturated carbocycles. The molecule has 2 aromatic heterocycles. The Morgan fingerprint density at radius 1 is 0.290 bits per heavy atom. The molecule has 9 aromatic carbocycles. The summed E-state index contributed by atoms with van der Waals surface area (Å²) in [6.07, 6.45) is 0. The highest BCUT2D eigenvalue weighted by atomic mass is 32.2. The summed E-state index contributed by atoms with van der Waals surface area (Å²) >= 11 is 1.86. The molecule has 1 aliphatic heterocycles. The van der Waals surface area contributed by atoms with Gasteiger partial charge in [0.1, 0.15) is 0 Å². The maximum atomic E-state index is 4.92. The zero-order valence-electron chi connectivity index (χ0n) is 33.5. The van der Waals surface area contributed by atoms with Gasteiger partial charge >= 0.3 is 0 Å². The van der Waals surface area contributed by atoms with E-state index in [1.807, 2.05) is 72.4 Å². The van der Waals surface area contributed by atoms with E-state index in [9.17, 15) is 0 Å². The van der Waals surface area contributed by atoms with Crippen LogP contribution in [0.15, 0.2) is 228 Å². The van der Waals surface area contributed by atoms with E-state index in [2.05, 4.69) is 162 Å². The van der Waals surface area contributed by atoms with Crippen LogP contribution in [-0.4, -0.2) is 19.5 Å². The standard InChI is InChI=1S/C57H36N4S/c1-3-14-40(15-4-1)55-58-56(41-16-5-2-6-17-41)60-57(59-55)42-32-30-38(31-33-42)37-26-28-39(29-27-37)43-18-13-19-44(34-43)61-51-23-10-7-20-45(51)50-35-48-46-21-8-11-24-53(46)62-54-25-12-9-22-47(54)49(48)36-52(50)61/h1-36H. The molecule has 0 bridgehead atoms. The Labute approximate surface area is 363 Å². The van der Waals surface area contributed by atoms with Crippen molar-refractivity contribution in [2.75, 3.05) is 0 Å². The van der Waals surface area contributed by atoms with Crippen molar-refractivity contribution in [3.8, 4) is 84.4 Å². The molecule has 62 heavy (non-hydrogen) atoms. The molecule has 0 N–H and O–H groups in total. The zero-order chi connectivity index (χ0) is 41.0. The highest BCUT2D eigenvalue weighted by molar-refractivity contribution is 7.99. The molecule has 0 spiro atoms. The van der Waals surface area contributed by atoms with Gasteiger partial charge in [-0.2, -0.15) is 0 Å². The second-order valence-corrected chi connectivity index (χ2v) is 16.7. The van der Waals surface area contributed by atoms with Crippen molar-refractivity contribution in [2.24, 2.45) is 0 Å². The molecule has 1 aliphatic rings. The molecule has 0 unspecified atom stereocenters. The number of benzene rings is 9. The van der Waals surface area contributed by atoms with E-state index in [4.69, 9.17) is 15.0 Å². The third kappa shape index (κ3) is 6.30. The Morgan fingerprint density at radius 2 is 0.742 bits per heavy atom. The van der Waals surface area contributed by atoms with Crippen molar-refractivity contribution in [2.45, 2.75) is 9.79 Å². The molecular weight excluding hydrogens is 773 g/mol. The van der Waals surface area contributed by atoms with Crippen LogP contribution in [0.3, 0.4) is 0 Å². The average molecular weight is 809 g/mol. The highest BCUT2D eigenvalue weighted by Gasteiger charge is 2.23. The minimum Gasteiger partial charge on any atom is -0.309 e. The first-order valence-electron chi connectivity index (χ1n) is 20.8. The van der Waals surface area contributed by atoms with E-state index < -0.39 is 0 Å². The van der Waals surface area contributed by atoms with E-state index in [-0.39, 0.29) is 0 Å². The fourth-order valence-electron chi connectivity index (χ4n) is 8.84. The number of para-hydroxylation sites is 1. The Morgan fingerprint density at radius 3 is 1.34 bits per heavy atom. The van der Waals surface area contributed by atoms with Crippen LogP contribution in [0.25, 0.3) is 106 Å². The monoisotopic (exact) mass is 808 g/mol. The first-order valence-corrected chi connectivity index (χ1v) is 21.7. The third-order valence-corrected chi connectivity index (χ3v) is 13.0. The fraction of sp³-hybridized carbons (Fsp3) is 0. The first kappa shape index (κ1) is 36.0. The molecule has 290 valence electrons. The molecule has 0 amide bonds. The van der Waals surface area contributed by atoms with Gasteiger partial charge < -0.3 is 4.57 Å². The summed E-state index contributed by atoms with van der Waals surface area (Å²) < 4.78 is 2.44. The number of aromatic nitrogens is 4. The Hall–Kier alpha value is -7.86. The summed E-state index contributed by atoms with van der Waals surface area (Å²) in [7, 11) is 0. The lowest BCUT2D eigenvalue weighted by atomic mass is 9.92. The maximum Gasteiger partial charge on any atom is 0.164 e. The lowest BCUT2D eigenvalue weighted by Gasteiger charge is -2.14. The first-order chi connectivity index (χ1) is 30.7. The molecule has 0 atom stereocenters. The van der Waals surface area contributed by atoms with Crippen LogP contribution in [0, 0.1) is 0 Å². The van der Waals surface area contributed by atoms with Gasteiger partial charge in [0, 0.05) is 42.9 Å². The SMILES string of the molecule is c1ccc(-c2nc(-c3ccccc3)nc(-c3ccc(-c4ccc(-c5cccc(-n6c7ccccc7c7cc8c(cc76)-c6ccccc6Sc6ccccc6-8)c5)cc4)cc3)n2)cc1. The van der Waals surface area contributed by atoms with Crippen molar-refractivity contribution in [1.82, 2.24) is 19.5 Å². The van der Waals surface area contributed by atoms with Crippen LogP contribution in [0.5, 0.6) is 0 Å². The number of hydrogen-bond donors (Lipinski definition) is 0. The average Bonchev–Trinajstić information content (AvgIpc) is 3.60. The van der Waals surface area contributed by atoms with Crippen LogP contribution in [-0.2, 0) is 0 Å². The van der Waals surface area contributed by atoms with E-state index in [1.165, 1.54) is 59.4 Å². The van der Waals surface area contributed by atoms with Gasteiger partial charge in [-0.3, -0.25) is 0 Å². The lowest BCUT2D eigenvalue weighted by molar-refractivity contribution is 1.07. The van der Waals surface area contributed by atoms with E-state index >= 15 is 0 Å². The summed E-state index contributed by atoms with van der Waals surface area (Å²) in [5.74, 6) is 1.95. The summed E-state index contributed by atoms with van der Waals surface area (Å²) in [4.78, 5) is 17.3. The van der Waals surface area contributed by atoms with Crippen molar-refractivity contribution in [3.05, 3.63) is 218 Å². The number of hydrogen-bond acceptors (Lipinski definition) is 4. The molecule has 12 rings (SSSR count). The molecule has 0 saturated heterocycles. The summed E-state index contributed by atoms with van der Waals surface area (Å²) in [5.41, 5.74) is 16.1. The predicted molar refractivity (Wildman–Crippen MR) is 256 cm³/mol. The molecule has 5 heteroatoms. The van der Waals surface area contributed by atoms with Gasteiger partial charge in [-0.1, -0.05) is 188 Å². The minimum atomic E-state index is 0.646. The quantitative estimate of drug-likeness (QED) is 0.168. The lowest BCUT2D eigenvalue weighted by Crippen LogP contribution is -2.00. The van der Waals surface area contributed by atoms with Gasteiger partial charge in [-0.25, -0.2) is 15.0 Å². The highest BCUT2D eigenvalue weighted by Crippen LogP contribution is 2.50. The molecule has 11 aromatic rings. The maximum absolute atomic E-state index is 4.92. The number of fused-ring (bicyclic) bond motifs is 8. The Kier molecular flexibility index (Phi) is 8.72. The number of nitrogens with zero attached hydrogens (tertiary/aromatic N) is 4. The second-order valence-electron chi connectivity index (χ2n) is 15.6. The van der Waals surface area contributed by atoms with Gasteiger partial charge in [0.05, 0.1) is 11.0 Å². The topological polar surface area (TPSA) is 43.6 Å². The van der Waals surface area contributed by atoms with Crippen LogP contribution in [0.1, 0.15) is 0 Å². The summed E-state index contributed by atoms with van der Waals surface area (Å²) in [5, 5.41) is 2.50. The van der Waals surface area contributed by atoms with Gasteiger partial charge in [0.15, 0.2) is 17.5 Å². The molecule has 3 heterocycles. The molecular formula is C57H36N4S. The fourth-order valence-corrected chi connectivity index (χ4v) is 9.95. The summed E-state index contributed by atoms with van der Waals surface area (Å²) in [6.45, 7) is 0. The Bertz CT molecular complexity index is 3410. The third-order valence-electron chi connectivity index (χ3n) is 11.9. The largest absolute Gasteiger partial charge is 0.309 e. The second kappa shape index (κ2) is 15.0. The van der Waals surface area contributed by atoms with Crippen LogP contribution in [0.4, 0.5) is 0 Å². The van der Waals surface area contributed by atoms with Crippen molar-refractivity contribution < 1.29 is 0 Å². The van der Waals surface area contributed by atoms with E-state index in [0.717, 1.165) is 39.1 Å².